The maximum atomic E-state index is 15.1. The number of thioether (sulfide) groups is 1. The molecule has 44 heteroatoms. The molecule has 3 rings (SSSR count). The zero-order valence-corrected chi connectivity index (χ0v) is 70.1. The Labute approximate surface area is 707 Å². The van der Waals surface area contributed by atoms with Crippen LogP contribution in [0.5, 0.6) is 0 Å². The number of primary amides is 3. The van der Waals surface area contributed by atoms with Crippen molar-refractivity contribution < 1.29 is 71.9 Å². The summed E-state index contributed by atoms with van der Waals surface area (Å²) in [5, 5.41) is 63.1. The summed E-state index contributed by atoms with van der Waals surface area (Å²) in [6.07, 6.45) is 3.04. The molecule has 37 N–H and O–H groups in total. The van der Waals surface area contributed by atoms with E-state index in [0.717, 1.165) is 0 Å². The summed E-state index contributed by atoms with van der Waals surface area (Å²) in [4.78, 5) is 214. The summed E-state index contributed by atoms with van der Waals surface area (Å²) in [6.45, 7) is 5.14. The summed E-state index contributed by atoms with van der Waals surface area (Å²) in [7, 11) is 0. The van der Waals surface area contributed by atoms with Gasteiger partial charge in [0.05, 0.1) is 6.42 Å². The molecule has 121 heavy (non-hydrogen) atoms. The van der Waals surface area contributed by atoms with Gasteiger partial charge in [-0.3, -0.25) is 88.1 Å². The lowest BCUT2D eigenvalue weighted by atomic mass is 10.00. The zero-order valence-electron chi connectivity index (χ0n) is 69.3. The molecule has 0 saturated heterocycles. The van der Waals surface area contributed by atoms with Gasteiger partial charge in [-0.15, -0.1) is 0 Å². The van der Waals surface area contributed by atoms with E-state index >= 15 is 4.79 Å². The Morgan fingerprint density at radius 3 is 1.12 bits per heavy atom. The molecule has 15 amide bonds. The number of unbranched alkanes of at least 4 members (excludes halogenated alkanes) is 3. The van der Waals surface area contributed by atoms with Crippen LogP contribution in [0.3, 0.4) is 0 Å². The van der Waals surface area contributed by atoms with E-state index in [0.29, 0.717) is 54.3 Å². The predicted octanol–water partition coefficient (Wildman–Crippen LogP) is -6.00. The van der Waals surface area contributed by atoms with Crippen molar-refractivity contribution in [3.63, 3.8) is 0 Å². The normalized spacial score (nSPS) is 14.0. The highest BCUT2D eigenvalue weighted by Crippen LogP contribution is 2.21. The first-order valence-electron chi connectivity index (χ1n) is 40.4. The van der Waals surface area contributed by atoms with Crippen LogP contribution in [0.1, 0.15) is 154 Å². The van der Waals surface area contributed by atoms with Crippen LogP contribution in [0, 0.1) is 22.1 Å². The third kappa shape index (κ3) is 40.6. The van der Waals surface area contributed by atoms with Gasteiger partial charge in [-0.05, 0) is 164 Å². The Morgan fingerprint density at radius 1 is 0.380 bits per heavy atom. The highest BCUT2D eigenvalue weighted by Gasteiger charge is 2.38. The van der Waals surface area contributed by atoms with E-state index in [2.05, 4.69) is 84.7 Å². The number of carbonyl (C=O) groups is 15. The molecule has 0 bridgehead atoms. The molecular weight excluding hydrogens is 1590 g/mol. The number of rotatable bonds is 61. The molecule has 2 aromatic carbocycles. The van der Waals surface area contributed by atoms with Crippen LogP contribution in [-0.2, 0) is 84.8 Å². The van der Waals surface area contributed by atoms with Crippen molar-refractivity contribution in [1.82, 2.24) is 84.7 Å². The Balaban J connectivity index is 2.06. The highest BCUT2D eigenvalue weighted by molar-refractivity contribution is 7.98. The maximum Gasteiger partial charge on any atom is 0.243 e. The molecule has 12 atom stereocenters. The van der Waals surface area contributed by atoms with Crippen LogP contribution in [0.15, 0.2) is 60.8 Å². The molecule has 0 saturated carbocycles. The van der Waals surface area contributed by atoms with Crippen molar-refractivity contribution in [1.29, 1.82) is 16.2 Å². The van der Waals surface area contributed by atoms with Crippen LogP contribution in [0.4, 0.5) is 0 Å². The van der Waals surface area contributed by atoms with Gasteiger partial charge in [0.2, 0.25) is 88.6 Å². The summed E-state index contributed by atoms with van der Waals surface area (Å²) in [5.41, 5.74) is 52.8. The number of H-pyrrole nitrogens is 1. The minimum atomic E-state index is -1.89. The fraction of sp³-hybridized carbons (Fsp3) is 0.584. The lowest BCUT2D eigenvalue weighted by molar-refractivity contribution is -0.137. The number of benzene rings is 2. The Morgan fingerprint density at radius 2 is 0.727 bits per heavy atom. The average Bonchev–Trinajstić information content (AvgIpc) is 1.71. The molecule has 0 aliphatic carbocycles. The molecule has 1 aromatic heterocycles. The number of amides is 15. The average molecular weight is 1720 g/mol. The molecule has 0 fully saturated rings. The van der Waals surface area contributed by atoms with Gasteiger partial charge in [0.15, 0.2) is 17.9 Å². The van der Waals surface area contributed by atoms with Crippen molar-refractivity contribution in [2.45, 2.75) is 228 Å². The third-order valence-electron chi connectivity index (χ3n) is 19.2. The van der Waals surface area contributed by atoms with Crippen molar-refractivity contribution in [2.75, 3.05) is 51.3 Å². The number of carbonyl (C=O) groups excluding carboxylic acids is 15. The maximum absolute atomic E-state index is 15.1. The van der Waals surface area contributed by atoms with E-state index in [9.17, 15) is 67.1 Å². The molecular formula is C77H128N28O15S. The van der Waals surface area contributed by atoms with E-state index in [1.165, 1.54) is 18.7 Å². The number of guanidine groups is 3. The van der Waals surface area contributed by atoms with E-state index in [-0.39, 0.29) is 141 Å². The van der Waals surface area contributed by atoms with E-state index in [4.69, 9.17) is 67.8 Å². The molecule has 1 heterocycles. The Bertz CT molecular complexity index is 3930. The Kier molecular flexibility index (Phi) is 48.2. The van der Waals surface area contributed by atoms with Crippen LogP contribution in [0.2, 0.25) is 0 Å². The quantitative estimate of drug-likeness (QED) is 0.0142. The largest absolute Gasteiger partial charge is 0.370 e. The SMILES string of the molecule is CSCCC(NC(=O)[C@H](CC(N)=O)NC(=O)C(CCCNC(=N)N)NC(=O)[C@H](CCCCN)NC(=O)C(Cc1c[nH]c2ccccc12)NC(=O)[C@H](CCC(N)=O)NC(=O)C(Cc1ccccc1)NC(C)=O)C(=O)N[C@@H](CCCNC(=N)N)C(=O)NC(CCCCN)C(=O)N[C@H](C(=O)NC(CCCNC(=N)N)C(=O)N[C@@H](CCCCN)C(N)=O)C(C)C. The molecule has 0 aliphatic heterocycles. The molecule has 3 aromatic rings. The van der Waals surface area contributed by atoms with Crippen LogP contribution in [-0.4, -0.2) is 235 Å². The second kappa shape index (κ2) is 56.5. The predicted molar refractivity (Wildman–Crippen MR) is 456 cm³/mol. The summed E-state index contributed by atoms with van der Waals surface area (Å²) >= 11 is 1.25. The molecule has 0 radical (unpaired) electrons. The van der Waals surface area contributed by atoms with Crippen molar-refractivity contribution in [3.8, 4) is 0 Å². The second-order valence-corrected chi connectivity index (χ2v) is 30.5. The molecule has 672 valence electrons. The number of fused-ring (bicyclic) bond motifs is 1. The molecule has 0 spiro atoms. The van der Waals surface area contributed by atoms with Gasteiger partial charge in [-0.25, -0.2) is 0 Å². The first-order valence-corrected chi connectivity index (χ1v) is 41.8. The lowest BCUT2D eigenvalue weighted by Gasteiger charge is -2.29. The fourth-order valence-corrected chi connectivity index (χ4v) is 13.2. The number of hydrogen-bond acceptors (Lipinski definition) is 22. The first kappa shape index (κ1) is 103. The first-order chi connectivity index (χ1) is 57.5. The number of para-hydroxylation sites is 1. The molecule has 6 unspecified atom stereocenters. The van der Waals surface area contributed by atoms with E-state index in [1.807, 2.05) is 0 Å². The minimum Gasteiger partial charge on any atom is -0.370 e. The van der Waals surface area contributed by atoms with E-state index in [1.54, 1.807) is 80.9 Å². The summed E-state index contributed by atoms with van der Waals surface area (Å²) in [6, 6.07) is -1.94. The van der Waals surface area contributed by atoms with Gasteiger partial charge >= 0.3 is 0 Å². The zero-order chi connectivity index (χ0) is 90.1. The van der Waals surface area contributed by atoms with Crippen molar-refractivity contribution in [3.05, 3.63) is 71.9 Å². The smallest absolute Gasteiger partial charge is 0.243 e. The van der Waals surface area contributed by atoms with Gasteiger partial charge in [-0.1, -0.05) is 62.4 Å². The molecule has 43 nitrogen and oxygen atoms in total. The number of nitrogens with one attached hydrogen (secondary N) is 19. The monoisotopic (exact) mass is 1720 g/mol. The van der Waals surface area contributed by atoms with Gasteiger partial charge in [0.25, 0.3) is 0 Å². The number of hydrogen-bond donors (Lipinski definition) is 28. The van der Waals surface area contributed by atoms with Crippen LogP contribution in [0.25, 0.3) is 10.9 Å². The molecule has 0 aliphatic rings. The topological polar surface area (TPSA) is 758 Å². The lowest BCUT2D eigenvalue weighted by Crippen LogP contribution is -2.61. The number of aromatic nitrogens is 1. The minimum absolute atomic E-state index is 0.00293. The fourth-order valence-electron chi connectivity index (χ4n) is 12.7. The standard InChI is InChI=1S/C77H128N28O15S/c1-43(2)62(74(120)102-54(28-18-37-92-77(88)89)64(110)95-49(63(83)109)23-10-13-32-78)105-70(116)51(25-12-15-34-80)96-66(112)52(26-16-35-90-75(84)85)98-69(115)56(31-38-121-4)101-73(119)59(41-61(82)108)104-67(113)53(27-17-36-91-76(86)87)97-65(111)50(24-11-14-33-79)99-72(118)58(40-46-42-93-48-22-9-8-21-47(46)48)103-68(114)55(29-30-60(81)107)100-71(117)57(94-44(3)106)39-45-19-6-5-7-20-45/h5-9,19-22,42-43,49-59,62,93H,10-18,23-41,78-80H2,1-4H3,(H2,81,107)(H2,82,108)(H2,83,109)(H,94,106)(H,95,110)(H,96,112)(H,97,111)(H,98,115)(H,99,118)(H,100,117)(H,101,119)(H,102,120)(H,103,114)(H,104,113)(H,105,116)(H4,84,85,90)(H4,86,87,91)(H4,88,89,92)/t49-,50-,51?,52-,53?,54?,55-,56?,57?,58?,59-,62-/m0/s1. The number of nitrogens with two attached hydrogens (primary N) is 9. The van der Waals surface area contributed by atoms with Crippen LogP contribution >= 0.6 is 11.8 Å². The number of aromatic amines is 1. The summed E-state index contributed by atoms with van der Waals surface area (Å²) < 4.78 is 0. The third-order valence-corrected chi connectivity index (χ3v) is 19.8. The van der Waals surface area contributed by atoms with Gasteiger partial charge in [0, 0.05) is 62.9 Å². The van der Waals surface area contributed by atoms with Gasteiger partial charge in [0.1, 0.15) is 72.5 Å². The van der Waals surface area contributed by atoms with Crippen molar-refractivity contribution in [2.24, 2.45) is 57.5 Å². The van der Waals surface area contributed by atoms with Crippen molar-refractivity contribution >= 4 is 129 Å². The van der Waals surface area contributed by atoms with Crippen LogP contribution < -0.4 is 131 Å². The second-order valence-electron chi connectivity index (χ2n) is 29.5. The highest BCUT2D eigenvalue weighted by atomic mass is 32.2. The van der Waals surface area contributed by atoms with E-state index < -0.39 is 192 Å². The Hall–Kier alpha value is -11.9. The van der Waals surface area contributed by atoms with Gasteiger partial charge in [-0.2, -0.15) is 11.8 Å². The summed E-state index contributed by atoms with van der Waals surface area (Å²) in [5.74, 6) is -15.4. The van der Waals surface area contributed by atoms with Gasteiger partial charge < -0.3 is 136 Å².